The van der Waals surface area contributed by atoms with E-state index < -0.39 is 85.7 Å². The van der Waals surface area contributed by atoms with Crippen molar-refractivity contribution >= 4 is 5.78 Å². The highest BCUT2D eigenvalue weighted by molar-refractivity contribution is 6.02. The van der Waals surface area contributed by atoms with Crippen molar-refractivity contribution < 1.29 is 74.1 Å². The summed E-state index contributed by atoms with van der Waals surface area (Å²) < 4.78 is 33.7. The zero-order valence-corrected chi connectivity index (χ0v) is 23.1. The third-order valence-electron chi connectivity index (χ3n) is 7.72. The molecule has 0 unspecified atom stereocenters. The molecule has 0 aromatic heterocycles. The van der Waals surface area contributed by atoms with E-state index in [9.17, 15) is 45.6 Å². The van der Waals surface area contributed by atoms with Crippen LogP contribution in [0.1, 0.15) is 35.4 Å². The first-order valence-corrected chi connectivity index (χ1v) is 13.5. The fourth-order valence-electron chi connectivity index (χ4n) is 5.29. The van der Waals surface area contributed by atoms with Crippen LogP contribution in [0.4, 0.5) is 0 Å². The summed E-state index contributed by atoms with van der Waals surface area (Å²) in [6.07, 6.45) is -16.3. The number of rotatable bonds is 7. The van der Waals surface area contributed by atoms with Crippen molar-refractivity contribution in [3.05, 3.63) is 41.5 Å². The van der Waals surface area contributed by atoms with E-state index in [0.29, 0.717) is 5.56 Å². The number of carbonyl (C=O) groups is 1. The van der Waals surface area contributed by atoms with Crippen LogP contribution in [0.15, 0.2) is 30.3 Å². The van der Waals surface area contributed by atoms with Gasteiger partial charge in [0.1, 0.15) is 65.5 Å². The number of aliphatic hydroxyl groups is 6. The van der Waals surface area contributed by atoms with E-state index in [0.717, 1.165) is 6.07 Å². The normalized spacial score (nSPS) is 36.0. The molecule has 236 valence electrons. The van der Waals surface area contributed by atoms with E-state index in [-0.39, 0.29) is 35.0 Å². The van der Waals surface area contributed by atoms with Crippen molar-refractivity contribution in [2.45, 2.75) is 80.9 Å². The van der Waals surface area contributed by atoms with E-state index in [4.69, 9.17) is 28.4 Å². The van der Waals surface area contributed by atoms with Crippen LogP contribution in [-0.4, -0.2) is 122 Å². The average molecular weight is 611 g/mol. The fraction of sp³-hybridized carbons (Fsp3) is 0.536. The summed E-state index contributed by atoms with van der Waals surface area (Å²) in [5.41, 5.74) is 0.352. The number of phenolic OH excluding ortho intramolecular Hbond substituents is 2. The summed E-state index contributed by atoms with van der Waals surface area (Å²) in [5, 5.41) is 82.4. The van der Waals surface area contributed by atoms with Gasteiger partial charge in [-0.25, -0.2) is 0 Å². The number of methoxy groups -OCH3 is 1. The summed E-state index contributed by atoms with van der Waals surface area (Å²) in [6.45, 7) is 0.699. The van der Waals surface area contributed by atoms with Crippen molar-refractivity contribution in [1.82, 2.24) is 0 Å². The van der Waals surface area contributed by atoms with E-state index in [1.54, 1.807) is 6.07 Å². The number of hydrogen-bond donors (Lipinski definition) is 8. The molecule has 3 aliphatic heterocycles. The summed E-state index contributed by atoms with van der Waals surface area (Å²) in [6, 6.07) is 6.89. The van der Waals surface area contributed by atoms with Gasteiger partial charge in [-0.15, -0.1) is 0 Å². The van der Waals surface area contributed by atoms with Gasteiger partial charge >= 0.3 is 0 Å². The number of aromatic hydroxyl groups is 2. The molecule has 2 fully saturated rings. The molecule has 0 bridgehead atoms. The Hall–Kier alpha value is -3.25. The molecule has 3 heterocycles. The molecular formula is C28H34O15. The molecule has 15 nitrogen and oxygen atoms in total. The van der Waals surface area contributed by atoms with Crippen molar-refractivity contribution in [2.75, 3.05) is 13.7 Å². The standard InChI is InChI=1S/C28H34O15/c1-10-21(33)23(35)25(37)27(39-10)43-26-24(36)22(34)19(9-29)42-28(26)40-12-6-14(31)20-15(32)8-17(41-18(20)7-12)11-3-4-16(38-2)13(30)5-11/h3-7,10,17,19,21-31,33-37H,8-9H2,1-2H3/t10-,17+,19+,21-,22-,23+,24-,25+,26-,27+,28+/m1/s1. The minimum Gasteiger partial charge on any atom is -0.507 e. The highest BCUT2D eigenvalue weighted by Crippen LogP contribution is 2.43. The molecular weight excluding hydrogens is 576 g/mol. The van der Waals surface area contributed by atoms with Crippen LogP contribution in [0.2, 0.25) is 0 Å². The molecule has 2 aromatic rings. The number of Topliss-reactive ketones (excluding diaryl/α,β-unsaturated/α-hetero) is 1. The molecule has 0 aliphatic carbocycles. The second kappa shape index (κ2) is 12.4. The maximum atomic E-state index is 13.0. The molecule has 15 heteroatoms. The minimum absolute atomic E-state index is 0.0592. The Kier molecular flexibility index (Phi) is 8.99. The quantitative estimate of drug-likeness (QED) is 0.185. The third-order valence-corrected chi connectivity index (χ3v) is 7.72. The summed E-state index contributed by atoms with van der Waals surface area (Å²) in [7, 11) is 1.39. The van der Waals surface area contributed by atoms with E-state index in [1.165, 1.54) is 32.2 Å². The number of ketones is 1. The number of hydrogen-bond acceptors (Lipinski definition) is 15. The van der Waals surface area contributed by atoms with Crippen LogP contribution in [0.3, 0.4) is 0 Å². The van der Waals surface area contributed by atoms with Gasteiger partial charge in [-0.2, -0.15) is 0 Å². The third kappa shape index (κ3) is 5.95. The molecule has 2 aromatic carbocycles. The van der Waals surface area contributed by atoms with Crippen molar-refractivity contribution in [1.29, 1.82) is 0 Å². The fourth-order valence-corrected chi connectivity index (χ4v) is 5.29. The predicted octanol–water partition coefficient (Wildman–Crippen LogP) is -1.16. The van der Waals surface area contributed by atoms with E-state index >= 15 is 0 Å². The molecule has 0 amide bonds. The van der Waals surface area contributed by atoms with Gasteiger partial charge in [0, 0.05) is 12.1 Å². The van der Waals surface area contributed by atoms with Crippen LogP contribution in [-0.2, 0) is 14.2 Å². The lowest BCUT2D eigenvalue weighted by atomic mass is 9.95. The number of benzene rings is 2. The molecule has 0 spiro atoms. The summed E-state index contributed by atoms with van der Waals surface area (Å²) in [4.78, 5) is 13.0. The van der Waals surface area contributed by atoms with Crippen LogP contribution < -0.4 is 14.2 Å². The van der Waals surface area contributed by atoms with Crippen molar-refractivity contribution in [3.63, 3.8) is 0 Å². The average Bonchev–Trinajstić information content (AvgIpc) is 2.97. The first-order chi connectivity index (χ1) is 20.4. The van der Waals surface area contributed by atoms with Gasteiger partial charge in [-0.05, 0) is 24.6 Å². The van der Waals surface area contributed by atoms with Crippen LogP contribution >= 0.6 is 0 Å². The number of phenols is 2. The van der Waals surface area contributed by atoms with E-state index in [1.807, 2.05) is 0 Å². The van der Waals surface area contributed by atoms with Crippen LogP contribution in [0, 0.1) is 0 Å². The van der Waals surface area contributed by atoms with Crippen LogP contribution in [0.25, 0.3) is 0 Å². The topological polar surface area (TPSA) is 234 Å². The van der Waals surface area contributed by atoms with Gasteiger partial charge in [0.15, 0.2) is 29.7 Å². The van der Waals surface area contributed by atoms with E-state index in [2.05, 4.69) is 0 Å². The Morgan fingerprint density at radius 2 is 1.63 bits per heavy atom. The maximum absolute atomic E-state index is 13.0. The molecule has 8 N–H and O–H groups in total. The molecule has 11 atom stereocenters. The molecule has 43 heavy (non-hydrogen) atoms. The number of fused-ring (bicyclic) bond motifs is 1. The monoisotopic (exact) mass is 610 g/mol. The number of aliphatic hydroxyl groups excluding tert-OH is 6. The van der Waals surface area contributed by atoms with Gasteiger partial charge in [0.05, 0.1) is 26.2 Å². The summed E-state index contributed by atoms with van der Waals surface area (Å²) in [5.74, 6) is -1.06. The minimum atomic E-state index is -1.76. The van der Waals surface area contributed by atoms with Gasteiger partial charge in [-0.3, -0.25) is 4.79 Å². The largest absolute Gasteiger partial charge is 0.507 e. The van der Waals surface area contributed by atoms with Crippen LogP contribution in [0.5, 0.6) is 28.7 Å². The second-order valence-electron chi connectivity index (χ2n) is 10.6. The lowest BCUT2D eigenvalue weighted by Crippen LogP contribution is -2.64. The Bertz CT molecular complexity index is 1320. The highest BCUT2D eigenvalue weighted by Gasteiger charge is 2.51. The lowest BCUT2D eigenvalue weighted by Gasteiger charge is -2.45. The molecule has 0 saturated carbocycles. The van der Waals surface area contributed by atoms with Gasteiger partial charge < -0.3 is 69.3 Å². The second-order valence-corrected chi connectivity index (χ2v) is 10.6. The molecule has 5 rings (SSSR count). The number of ether oxygens (including phenoxy) is 6. The van der Waals surface area contributed by atoms with Gasteiger partial charge in [0.2, 0.25) is 6.29 Å². The van der Waals surface area contributed by atoms with Gasteiger partial charge in [0.25, 0.3) is 0 Å². The van der Waals surface area contributed by atoms with Gasteiger partial charge in [-0.1, -0.05) is 6.07 Å². The smallest absolute Gasteiger partial charge is 0.229 e. The first kappa shape index (κ1) is 31.2. The van der Waals surface area contributed by atoms with Crippen molar-refractivity contribution in [3.8, 4) is 28.7 Å². The van der Waals surface area contributed by atoms with Crippen molar-refractivity contribution in [2.24, 2.45) is 0 Å². The molecule has 2 saturated heterocycles. The maximum Gasteiger partial charge on any atom is 0.229 e. The summed E-state index contributed by atoms with van der Waals surface area (Å²) >= 11 is 0. The molecule has 3 aliphatic rings. The Morgan fingerprint density at radius 3 is 2.30 bits per heavy atom. The Labute approximate surface area is 245 Å². The lowest BCUT2D eigenvalue weighted by molar-refractivity contribution is -0.354. The SMILES string of the molecule is COc1ccc([C@@H]2CC(=O)c3c(O)cc(O[C@H]4O[C@@H](CO)[C@@H](O)[C@@H](O)[C@H]4O[C@@H]4O[C@H](C)[C@@H](O)[C@H](O)[C@@H]4O)cc3O2)cc1O. The Balaban J connectivity index is 1.41. The highest BCUT2D eigenvalue weighted by atomic mass is 16.8. The zero-order chi connectivity index (χ0) is 31.2. The Morgan fingerprint density at radius 1 is 0.884 bits per heavy atom. The predicted molar refractivity (Wildman–Crippen MR) is 141 cm³/mol. The zero-order valence-electron chi connectivity index (χ0n) is 23.1. The number of carbonyl (C=O) groups excluding carboxylic acids is 1. The molecule has 0 radical (unpaired) electrons. The first-order valence-electron chi connectivity index (χ1n) is 13.5.